The second-order valence-corrected chi connectivity index (χ2v) is 8.84. The van der Waals surface area contributed by atoms with Crippen LogP contribution >= 0.6 is 15.9 Å². The highest BCUT2D eigenvalue weighted by Crippen LogP contribution is 2.26. The van der Waals surface area contributed by atoms with Gasteiger partial charge in [0.05, 0.1) is 0 Å². The number of benzene rings is 1. The predicted molar refractivity (Wildman–Crippen MR) is 106 cm³/mol. The summed E-state index contributed by atoms with van der Waals surface area (Å²) in [5.41, 5.74) is 1.78. The predicted octanol–water partition coefficient (Wildman–Crippen LogP) is 4.88. The maximum atomic E-state index is 12.3. The Kier molecular flexibility index (Phi) is 5.42. The Balaban J connectivity index is 1.70. The van der Waals surface area contributed by atoms with Gasteiger partial charge in [0.15, 0.2) is 0 Å². The molecule has 1 aliphatic heterocycles. The van der Waals surface area contributed by atoms with Crippen molar-refractivity contribution in [2.75, 3.05) is 13.1 Å². The van der Waals surface area contributed by atoms with Crippen molar-refractivity contribution < 1.29 is 9.53 Å². The van der Waals surface area contributed by atoms with Gasteiger partial charge in [0.2, 0.25) is 0 Å². The van der Waals surface area contributed by atoms with E-state index in [-0.39, 0.29) is 6.09 Å². The van der Waals surface area contributed by atoms with Crippen LogP contribution in [0.15, 0.2) is 34.9 Å². The zero-order valence-electron chi connectivity index (χ0n) is 15.8. The van der Waals surface area contributed by atoms with Gasteiger partial charge in [0, 0.05) is 41.6 Å². The highest BCUT2D eigenvalue weighted by Gasteiger charge is 2.30. The topological polar surface area (TPSA) is 47.4 Å². The summed E-state index contributed by atoms with van der Waals surface area (Å²) < 4.78 is 8.81. The Morgan fingerprint density at radius 2 is 2.00 bits per heavy atom. The number of amides is 1. The van der Waals surface area contributed by atoms with E-state index in [4.69, 9.17) is 4.74 Å². The van der Waals surface area contributed by atoms with Crippen molar-refractivity contribution in [3.05, 3.63) is 40.6 Å². The zero-order valence-corrected chi connectivity index (χ0v) is 17.4. The summed E-state index contributed by atoms with van der Waals surface area (Å²) in [7, 11) is 0. The standard InChI is InChI=1S/C20H26BrN3O2/c1-14-11-22-18(16-5-7-17(21)8-6-16)24(14)13-15-9-10-23(12-15)19(25)26-20(2,3)4/h5-8,11,15H,9-10,12-13H2,1-4H3. The Labute approximate surface area is 163 Å². The molecule has 1 atom stereocenters. The quantitative estimate of drug-likeness (QED) is 0.711. The lowest BCUT2D eigenvalue weighted by Crippen LogP contribution is -2.35. The van der Waals surface area contributed by atoms with Crippen LogP contribution in [0.4, 0.5) is 4.79 Å². The molecule has 0 spiro atoms. The van der Waals surface area contributed by atoms with Crippen LogP contribution < -0.4 is 0 Å². The summed E-state index contributed by atoms with van der Waals surface area (Å²) >= 11 is 3.48. The van der Waals surface area contributed by atoms with Crippen molar-refractivity contribution in [2.45, 2.75) is 46.3 Å². The van der Waals surface area contributed by atoms with Crippen LogP contribution in [0.1, 0.15) is 32.9 Å². The molecule has 140 valence electrons. The van der Waals surface area contributed by atoms with Gasteiger partial charge in [-0.2, -0.15) is 0 Å². The smallest absolute Gasteiger partial charge is 0.410 e. The molecule has 1 aromatic heterocycles. The van der Waals surface area contributed by atoms with Crippen LogP contribution in [0, 0.1) is 12.8 Å². The minimum atomic E-state index is -0.454. The molecule has 0 aliphatic carbocycles. The zero-order chi connectivity index (χ0) is 18.9. The molecule has 1 fully saturated rings. The number of imidazole rings is 1. The number of aromatic nitrogens is 2. The van der Waals surface area contributed by atoms with Gasteiger partial charge >= 0.3 is 6.09 Å². The summed E-state index contributed by atoms with van der Waals surface area (Å²) in [5.74, 6) is 1.38. The van der Waals surface area contributed by atoms with E-state index >= 15 is 0 Å². The van der Waals surface area contributed by atoms with Crippen molar-refractivity contribution in [3.8, 4) is 11.4 Å². The van der Waals surface area contributed by atoms with Gasteiger partial charge in [-0.15, -0.1) is 0 Å². The highest BCUT2D eigenvalue weighted by molar-refractivity contribution is 9.10. The van der Waals surface area contributed by atoms with E-state index in [1.54, 1.807) is 0 Å². The minimum absolute atomic E-state index is 0.213. The third kappa shape index (κ3) is 4.47. The SMILES string of the molecule is Cc1cnc(-c2ccc(Br)cc2)n1CC1CCN(C(=O)OC(C)(C)C)C1. The number of likely N-dealkylation sites (tertiary alicyclic amines) is 1. The lowest BCUT2D eigenvalue weighted by atomic mass is 10.1. The fraction of sp³-hybridized carbons (Fsp3) is 0.500. The third-order valence-corrected chi connectivity index (χ3v) is 5.06. The number of carbonyl (C=O) groups is 1. The molecule has 0 N–H and O–H groups in total. The van der Waals surface area contributed by atoms with E-state index in [9.17, 15) is 4.79 Å². The van der Waals surface area contributed by atoms with E-state index in [0.29, 0.717) is 5.92 Å². The Hall–Kier alpha value is -1.82. The molecule has 1 aromatic carbocycles. The largest absolute Gasteiger partial charge is 0.444 e. The van der Waals surface area contributed by atoms with E-state index in [0.717, 1.165) is 47.6 Å². The summed E-state index contributed by atoms with van der Waals surface area (Å²) in [6.07, 6.45) is 2.68. The number of carbonyl (C=O) groups excluding carboxylic acids is 1. The van der Waals surface area contributed by atoms with Crippen LogP contribution in [-0.4, -0.2) is 39.2 Å². The fourth-order valence-electron chi connectivity index (χ4n) is 3.25. The molecule has 2 heterocycles. The first-order chi connectivity index (χ1) is 12.2. The van der Waals surface area contributed by atoms with Crippen LogP contribution in [0.5, 0.6) is 0 Å². The normalized spacial score (nSPS) is 17.6. The first-order valence-corrected chi connectivity index (χ1v) is 9.78. The number of ether oxygens (including phenoxy) is 1. The number of rotatable bonds is 3. The fourth-order valence-corrected chi connectivity index (χ4v) is 3.52. The molecule has 1 unspecified atom stereocenters. The second kappa shape index (κ2) is 7.43. The van der Waals surface area contributed by atoms with Crippen molar-refractivity contribution in [2.24, 2.45) is 5.92 Å². The van der Waals surface area contributed by atoms with Gasteiger partial charge in [-0.05, 0) is 52.2 Å². The average Bonchev–Trinajstić information content (AvgIpc) is 3.15. The molecule has 6 heteroatoms. The first-order valence-electron chi connectivity index (χ1n) is 8.99. The Morgan fingerprint density at radius 3 is 2.65 bits per heavy atom. The number of aryl methyl sites for hydroxylation is 1. The lowest BCUT2D eigenvalue weighted by Gasteiger charge is -2.24. The van der Waals surface area contributed by atoms with Crippen molar-refractivity contribution >= 4 is 22.0 Å². The molecule has 0 saturated carbocycles. The Bertz CT molecular complexity index is 777. The number of hydrogen-bond donors (Lipinski definition) is 0. The van der Waals surface area contributed by atoms with Gasteiger partial charge in [-0.1, -0.05) is 28.1 Å². The van der Waals surface area contributed by atoms with Crippen LogP contribution in [0.3, 0.4) is 0 Å². The summed E-state index contributed by atoms with van der Waals surface area (Å²) in [6, 6.07) is 8.21. The monoisotopic (exact) mass is 419 g/mol. The van der Waals surface area contributed by atoms with Crippen molar-refractivity contribution in [1.29, 1.82) is 0 Å². The molecule has 1 aliphatic rings. The van der Waals surface area contributed by atoms with Crippen LogP contribution in [0.2, 0.25) is 0 Å². The molecule has 1 amide bonds. The van der Waals surface area contributed by atoms with Gasteiger partial charge in [-0.3, -0.25) is 0 Å². The molecular formula is C20H26BrN3O2. The van der Waals surface area contributed by atoms with E-state index < -0.39 is 5.60 Å². The molecule has 26 heavy (non-hydrogen) atoms. The van der Waals surface area contributed by atoms with E-state index in [1.807, 2.05) is 44.0 Å². The molecule has 3 rings (SSSR count). The van der Waals surface area contributed by atoms with Crippen molar-refractivity contribution in [1.82, 2.24) is 14.5 Å². The molecule has 1 saturated heterocycles. The maximum absolute atomic E-state index is 12.3. The van der Waals surface area contributed by atoms with Gasteiger partial charge in [0.25, 0.3) is 0 Å². The summed E-state index contributed by atoms with van der Waals surface area (Å²) in [4.78, 5) is 18.7. The Morgan fingerprint density at radius 1 is 1.31 bits per heavy atom. The number of nitrogens with zero attached hydrogens (tertiary/aromatic N) is 3. The second-order valence-electron chi connectivity index (χ2n) is 7.92. The van der Waals surface area contributed by atoms with Gasteiger partial charge < -0.3 is 14.2 Å². The minimum Gasteiger partial charge on any atom is -0.444 e. The molecule has 0 radical (unpaired) electrons. The molecule has 5 nitrogen and oxygen atoms in total. The maximum Gasteiger partial charge on any atom is 0.410 e. The van der Waals surface area contributed by atoms with Gasteiger partial charge in [0.1, 0.15) is 11.4 Å². The third-order valence-electron chi connectivity index (χ3n) is 4.54. The number of hydrogen-bond acceptors (Lipinski definition) is 3. The summed E-state index contributed by atoms with van der Waals surface area (Å²) in [5, 5.41) is 0. The highest BCUT2D eigenvalue weighted by atomic mass is 79.9. The van der Waals surface area contributed by atoms with E-state index in [1.165, 1.54) is 0 Å². The van der Waals surface area contributed by atoms with Crippen LogP contribution in [0.25, 0.3) is 11.4 Å². The average molecular weight is 420 g/mol. The van der Waals surface area contributed by atoms with Crippen molar-refractivity contribution in [3.63, 3.8) is 0 Å². The molecule has 2 aromatic rings. The molecule has 0 bridgehead atoms. The number of halogens is 1. The van der Waals surface area contributed by atoms with Gasteiger partial charge in [-0.25, -0.2) is 9.78 Å². The van der Waals surface area contributed by atoms with E-state index in [2.05, 4.69) is 44.5 Å². The first kappa shape index (κ1) is 19.0. The molecular weight excluding hydrogens is 394 g/mol. The van der Waals surface area contributed by atoms with Crippen LogP contribution in [-0.2, 0) is 11.3 Å². The summed E-state index contributed by atoms with van der Waals surface area (Å²) in [6.45, 7) is 10.1. The lowest BCUT2D eigenvalue weighted by molar-refractivity contribution is 0.0287.